The summed E-state index contributed by atoms with van der Waals surface area (Å²) in [5, 5.41) is 0. The first kappa shape index (κ1) is 13.8. The molecule has 0 unspecified atom stereocenters. The number of hydrogen-bond donors (Lipinski definition) is 1. The van der Waals surface area contributed by atoms with Crippen molar-refractivity contribution in [2.75, 3.05) is 6.54 Å². The molecule has 1 nitrogen and oxygen atoms in total. The Morgan fingerprint density at radius 2 is 1.63 bits per heavy atom. The van der Waals surface area contributed by atoms with Crippen molar-refractivity contribution in [3.63, 3.8) is 0 Å². The number of rotatable bonds is 4. The molecule has 19 heavy (non-hydrogen) atoms. The van der Waals surface area contributed by atoms with Crippen molar-refractivity contribution in [1.82, 2.24) is 0 Å². The molecule has 100 valence electrons. The molecular formula is C18H23N. The van der Waals surface area contributed by atoms with Crippen LogP contribution in [0.5, 0.6) is 0 Å². The van der Waals surface area contributed by atoms with E-state index in [0.29, 0.717) is 6.54 Å². The molecule has 0 aliphatic rings. The van der Waals surface area contributed by atoms with Crippen LogP contribution in [-0.4, -0.2) is 6.54 Å². The zero-order valence-electron chi connectivity index (χ0n) is 12.1. The van der Waals surface area contributed by atoms with Crippen LogP contribution >= 0.6 is 0 Å². The molecular weight excluding hydrogens is 230 g/mol. The minimum absolute atomic E-state index is 0.0449. The lowest BCUT2D eigenvalue weighted by atomic mass is 9.83. The summed E-state index contributed by atoms with van der Waals surface area (Å²) < 4.78 is 0. The monoisotopic (exact) mass is 253 g/mol. The zero-order valence-corrected chi connectivity index (χ0v) is 12.1. The largest absolute Gasteiger partial charge is 0.330 e. The van der Waals surface area contributed by atoms with Crippen LogP contribution in [0.1, 0.15) is 36.1 Å². The molecule has 1 heteroatoms. The Morgan fingerprint density at radius 3 is 2.26 bits per heavy atom. The maximum atomic E-state index is 5.86. The summed E-state index contributed by atoms with van der Waals surface area (Å²) in [5.74, 6) is 0. The lowest BCUT2D eigenvalue weighted by molar-refractivity contribution is 0.538. The summed E-state index contributed by atoms with van der Waals surface area (Å²) in [6.07, 6.45) is 0.981. The SMILES string of the molecule is Cc1ccc(Cc2cccc(C(C)(C)CN)c2)cc1. The van der Waals surface area contributed by atoms with Gasteiger partial charge in [-0.2, -0.15) is 0 Å². The van der Waals surface area contributed by atoms with Crippen LogP contribution in [0.3, 0.4) is 0 Å². The molecule has 2 rings (SSSR count). The smallest absolute Gasteiger partial charge is 0.00191 e. The van der Waals surface area contributed by atoms with Gasteiger partial charge in [-0.1, -0.05) is 67.9 Å². The molecule has 2 aromatic rings. The second kappa shape index (κ2) is 5.58. The van der Waals surface area contributed by atoms with Gasteiger partial charge in [0.2, 0.25) is 0 Å². The van der Waals surface area contributed by atoms with Crippen LogP contribution in [0.15, 0.2) is 48.5 Å². The molecule has 0 radical (unpaired) electrons. The van der Waals surface area contributed by atoms with E-state index in [1.807, 2.05) is 0 Å². The van der Waals surface area contributed by atoms with Gasteiger partial charge in [-0.25, -0.2) is 0 Å². The van der Waals surface area contributed by atoms with Gasteiger partial charge in [0.1, 0.15) is 0 Å². The van der Waals surface area contributed by atoms with Crippen LogP contribution in [-0.2, 0) is 11.8 Å². The molecule has 0 heterocycles. The van der Waals surface area contributed by atoms with Crippen LogP contribution in [0.2, 0.25) is 0 Å². The van der Waals surface area contributed by atoms with Crippen molar-refractivity contribution < 1.29 is 0 Å². The fourth-order valence-corrected chi connectivity index (χ4v) is 2.16. The Morgan fingerprint density at radius 1 is 0.947 bits per heavy atom. The van der Waals surface area contributed by atoms with Crippen molar-refractivity contribution >= 4 is 0 Å². The maximum Gasteiger partial charge on any atom is 0.00191 e. The number of hydrogen-bond acceptors (Lipinski definition) is 1. The van der Waals surface area contributed by atoms with Gasteiger partial charge in [-0.05, 0) is 30.0 Å². The van der Waals surface area contributed by atoms with E-state index in [1.54, 1.807) is 0 Å². The lowest BCUT2D eigenvalue weighted by Crippen LogP contribution is -2.28. The number of nitrogens with two attached hydrogens (primary N) is 1. The van der Waals surface area contributed by atoms with Gasteiger partial charge in [0, 0.05) is 12.0 Å². The predicted molar refractivity (Wildman–Crippen MR) is 82.5 cm³/mol. The molecule has 0 bridgehead atoms. The Hall–Kier alpha value is -1.60. The third-order valence-electron chi connectivity index (χ3n) is 3.75. The summed E-state index contributed by atoms with van der Waals surface area (Å²) >= 11 is 0. The van der Waals surface area contributed by atoms with Gasteiger partial charge < -0.3 is 5.73 Å². The quantitative estimate of drug-likeness (QED) is 0.880. The number of benzene rings is 2. The minimum atomic E-state index is 0.0449. The zero-order chi connectivity index (χ0) is 13.9. The van der Waals surface area contributed by atoms with E-state index in [-0.39, 0.29) is 5.41 Å². The molecule has 0 amide bonds. The first-order chi connectivity index (χ1) is 9.01. The van der Waals surface area contributed by atoms with Gasteiger partial charge in [0.15, 0.2) is 0 Å². The van der Waals surface area contributed by atoms with Crippen molar-refractivity contribution in [3.8, 4) is 0 Å². The van der Waals surface area contributed by atoms with Gasteiger partial charge >= 0.3 is 0 Å². The summed E-state index contributed by atoms with van der Waals surface area (Å²) in [6, 6.07) is 17.5. The Labute approximate surface area is 116 Å². The standard InChI is InChI=1S/C18H23N/c1-14-7-9-15(10-8-14)11-16-5-4-6-17(12-16)18(2,3)13-19/h4-10,12H,11,13,19H2,1-3H3. The van der Waals surface area contributed by atoms with Gasteiger partial charge in [0.25, 0.3) is 0 Å². The lowest BCUT2D eigenvalue weighted by Gasteiger charge is -2.23. The van der Waals surface area contributed by atoms with E-state index in [1.165, 1.54) is 22.3 Å². The van der Waals surface area contributed by atoms with E-state index in [2.05, 4.69) is 69.3 Å². The summed E-state index contributed by atoms with van der Waals surface area (Å²) in [7, 11) is 0. The normalized spacial score (nSPS) is 11.6. The Balaban J connectivity index is 2.22. The molecule has 0 aromatic heterocycles. The molecule has 2 N–H and O–H groups in total. The molecule has 2 aromatic carbocycles. The van der Waals surface area contributed by atoms with E-state index in [0.717, 1.165) is 6.42 Å². The average Bonchev–Trinajstić information content (AvgIpc) is 2.42. The van der Waals surface area contributed by atoms with Crippen molar-refractivity contribution in [2.45, 2.75) is 32.6 Å². The average molecular weight is 253 g/mol. The van der Waals surface area contributed by atoms with Crippen LogP contribution in [0.4, 0.5) is 0 Å². The summed E-state index contributed by atoms with van der Waals surface area (Å²) in [4.78, 5) is 0. The molecule has 0 fully saturated rings. The van der Waals surface area contributed by atoms with Crippen LogP contribution in [0.25, 0.3) is 0 Å². The van der Waals surface area contributed by atoms with E-state index < -0.39 is 0 Å². The van der Waals surface area contributed by atoms with Crippen LogP contribution in [0, 0.1) is 6.92 Å². The van der Waals surface area contributed by atoms with Crippen molar-refractivity contribution in [1.29, 1.82) is 0 Å². The highest BCUT2D eigenvalue weighted by atomic mass is 14.6. The van der Waals surface area contributed by atoms with Crippen molar-refractivity contribution in [3.05, 3.63) is 70.8 Å². The summed E-state index contributed by atoms with van der Waals surface area (Å²) in [5.41, 5.74) is 11.2. The highest BCUT2D eigenvalue weighted by Gasteiger charge is 2.18. The molecule has 0 saturated heterocycles. The van der Waals surface area contributed by atoms with E-state index in [4.69, 9.17) is 5.73 Å². The first-order valence-corrected chi connectivity index (χ1v) is 6.86. The third-order valence-corrected chi connectivity index (χ3v) is 3.75. The molecule has 0 saturated carbocycles. The second-order valence-corrected chi connectivity index (χ2v) is 5.95. The fraction of sp³-hybridized carbons (Fsp3) is 0.333. The van der Waals surface area contributed by atoms with Gasteiger partial charge in [-0.3, -0.25) is 0 Å². The highest BCUT2D eigenvalue weighted by molar-refractivity contribution is 5.33. The van der Waals surface area contributed by atoms with E-state index in [9.17, 15) is 0 Å². The third kappa shape index (κ3) is 3.45. The second-order valence-electron chi connectivity index (χ2n) is 5.95. The Kier molecular flexibility index (Phi) is 4.06. The van der Waals surface area contributed by atoms with E-state index >= 15 is 0 Å². The maximum absolute atomic E-state index is 5.86. The van der Waals surface area contributed by atoms with Gasteiger partial charge in [-0.15, -0.1) is 0 Å². The fourth-order valence-electron chi connectivity index (χ4n) is 2.16. The molecule has 0 aliphatic heterocycles. The first-order valence-electron chi connectivity index (χ1n) is 6.86. The number of aryl methyl sites for hydroxylation is 1. The minimum Gasteiger partial charge on any atom is -0.330 e. The highest BCUT2D eigenvalue weighted by Crippen LogP contribution is 2.23. The van der Waals surface area contributed by atoms with Gasteiger partial charge in [0.05, 0.1) is 0 Å². The Bertz CT molecular complexity index is 538. The van der Waals surface area contributed by atoms with Crippen LogP contribution < -0.4 is 5.73 Å². The van der Waals surface area contributed by atoms with Crippen molar-refractivity contribution in [2.24, 2.45) is 5.73 Å². The molecule has 0 aliphatic carbocycles. The topological polar surface area (TPSA) is 26.0 Å². The summed E-state index contributed by atoms with van der Waals surface area (Å²) in [6.45, 7) is 7.17. The molecule has 0 spiro atoms. The molecule has 0 atom stereocenters. The predicted octanol–water partition coefficient (Wildman–Crippen LogP) is 3.82.